The van der Waals surface area contributed by atoms with Crippen LogP contribution in [-0.4, -0.2) is 71.3 Å². The zero-order valence-corrected chi connectivity index (χ0v) is 17.7. The number of anilines is 1. The molecule has 1 heterocycles. The van der Waals surface area contributed by atoms with Crippen molar-refractivity contribution in [2.45, 2.75) is 26.5 Å². The van der Waals surface area contributed by atoms with Gasteiger partial charge in [0.15, 0.2) is 0 Å². The van der Waals surface area contributed by atoms with E-state index in [2.05, 4.69) is 32.4 Å². The van der Waals surface area contributed by atoms with Gasteiger partial charge in [0.25, 0.3) is 11.8 Å². The molecule has 0 fully saturated rings. The van der Waals surface area contributed by atoms with E-state index in [4.69, 9.17) is 5.21 Å². The Balaban J connectivity index is 0.00000512. The fourth-order valence-electron chi connectivity index (χ4n) is 2.53. The Morgan fingerprint density at radius 1 is 1.09 bits per heavy atom. The third kappa shape index (κ3) is 8.35. The topological polar surface area (TPSA) is 127 Å². The van der Waals surface area contributed by atoms with Crippen molar-refractivity contribution in [3.05, 3.63) is 59.3 Å². The van der Waals surface area contributed by atoms with Crippen molar-refractivity contribution in [1.82, 2.24) is 20.7 Å². The first-order valence-corrected chi connectivity index (χ1v) is 9.69. The van der Waals surface area contributed by atoms with E-state index in [0.717, 1.165) is 24.5 Å². The molecule has 0 bridgehead atoms. The average Bonchev–Trinajstić information content (AvgIpc) is 2.76. The summed E-state index contributed by atoms with van der Waals surface area (Å²) >= 11 is 0. The standard InChI is InChI=1S/C22H27N5O4.CH4/c1-15(28)20(22(30)26-31)25-21(29)18-9-6-16(7-10-18)4-5-17-8-11-19(24-14-17)23-12-13-27(2)3;/h6-11,14-15,20,28,31H,12-13H2,1-3H3,(H,23,24)(H,25,29)(H,26,30);1H4/t15-,20+;/m1./s1. The SMILES string of the molecule is C.C[C@@H](O)[C@H](NC(=O)c1ccc(C#Cc2ccc(NCCN(C)C)nc2)cc1)C(=O)NO. The smallest absolute Gasteiger partial charge is 0.268 e. The third-order valence-electron chi connectivity index (χ3n) is 4.29. The Morgan fingerprint density at radius 3 is 2.25 bits per heavy atom. The number of hydrogen-bond acceptors (Lipinski definition) is 7. The molecule has 0 spiro atoms. The van der Waals surface area contributed by atoms with Crippen LogP contribution in [0.3, 0.4) is 0 Å². The fraction of sp³-hybridized carbons (Fsp3) is 0.348. The third-order valence-corrected chi connectivity index (χ3v) is 4.29. The van der Waals surface area contributed by atoms with Gasteiger partial charge in [-0.1, -0.05) is 19.3 Å². The number of benzene rings is 1. The zero-order valence-electron chi connectivity index (χ0n) is 17.7. The molecule has 0 saturated heterocycles. The Bertz CT molecular complexity index is 932. The highest BCUT2D eigenvalue weighted by molar-refractivity contribution is 5.97. The van der Waals surface area contributed by atoms with E-state index in [0.29, 0.717) is 5.56 Å². The largest absolute Gasteiger partial charge is 0.391 e. The van der Waals surface area contributed by atoms with E-state index < -0.39 is 24.0 Å². The van der Waals surface area contributed by atoms with Crippen molar-refractivity contribution in [3.63, 3.8) is 0 Å². The number of rotatable bonds is 8. The Hall–Kier alpha value is -3.45. The van der Waals surface area contributed by atoms with Crippen LogP contribution in [0, 0.1) is 11.8 Å². The van der Waals surface area contributed by atoms with Crippen LogP contribution in [0.5, 0.6) is 0 Å². The molecular weight excluding hydrogens is 410 g/mol. The number of aliphatic hydroxyl groups excluding tert-OH is 1. The van der Waals surface area contributed by atoms with E-state index in [9.17, 15) is 14.7 Å². The van der Waals surface area contributed by atoms with Crippen LogP contribution in [0.15, 0.2) is 42.6 Å². The van der Waals surface area contributed by atoms with Crippen molar-refractivity contribution < 1.29 is 19.9 Å². The predicted octanol–water partition coefficient (Wildman–Crippen LogP) is 1.08. The fourth-order valence-corrected chi connectivity index (χ4v) is 2.53. The summed E-state index contributed by atoms with van der Waals surface area (Å²) in [5.41, 5.74) is 3.17. The molecule has 1 aromatic carbocycles. The van der Waals surface area contributed by atoms with Crippen molar-refractivity contribution in [2.75, 3.05) is 32.5 Å². The molecule has 0 saturated carbocycles. The molecular formula is C23H31N5O4. The van der Waals surface area contributed by atoms with Gasteiger partial charge in [-0.2, -0.15) is 0 Å². The normalized spacial score (nSPS) is 11.9. The number of carbonyl (C=O) groups is 2. The van der Waals surface area contributed by atoms with Crippen LogP contribution in [0.25, 0.3) is 0 Å². The second-order valence-corrected chi connectivity index (χ2v) is 7.16. The average molecular weight is 442 g/mol. The highest BCUT2D eigenvalue weighted by Crippen LogP contribution is 2.07. The molecule has 9 nitrogen and oxygen atoms in total. The van der Waals surface area contributed by atoms with Crippen molar-refractivity contribution >= 4 is 17.6 Å². The molecule has 2 atom stereocenters. The van der Waals surface area contributed by atoms with Gasteiger partial charge >= 0.3 is 0 Å². The second kappa shape index (κ2) is 13.1. The summed E-state index contributed by atoms with van der Waals surface area (Å²) in [6, 6.07) is 8.95. The second-order valence-electron chi connectivity index (χ2n) is 7.16. The number of aromatic nitrogens is 1. The molecule has 0 unspecified atom stereocenters. The molecule has 9 heteroatoms. The van der Waals surface area contributed by atoms with E-state index in [1.165, 1.54) is 12.4 Å². The maximum Gasteiger partial charge on any atom is 0.268 e. The molecule has 172 valence electrons. The minimum atomic E-state index is -1.27. The lowest BCUT2D eigenvalue weighted by Crippen LogP contribution is -2.51. The van der Waals surface area contributed by atoms with Gasteiger partial charge in [-0.25, -0.2) is 10.5 Å². The summed E-state index contributed by atoms with van der Waals surface area (Å²) in [5, 5.41) is 23.9. The maximum absolute atomic E-state index is 12.3. The first kappa shape index (κ1) is 26.6. The molecule has 0 radical (unpaired) electrons. The molecule has 2 aromatic rings. The highest BCUT2D eigenvalue weighted by Gasteiger charge is 2.25. The van der Waals surface area contributed by atoms with Gasteiger partial charge in [0.2, 0.25) is 0 Å². The Labute approximate surface area is 188 Å². The van der Waals surface area contributed by atoms with Crippen LogP contribution in [0.1, 0.15) is 35.8 Å². The molecule has 2 rings (SSSR count). The number of aliphatic hydroxyl groups is 1. The summed E-state index contributed by atoms with van der Waals surface area (Å²) in [6.07, 6.45) is 0.513. The minimum absolute atomic E-state index is 0. The van der Waals surface area contributed by atoms with E-state index in [1.54, 1.807) is 30.5 Å². The highest BCUT2D eigenvalue weighted by atomic mass is 16.5. The Morgan fingerprint density at radius 2 is 1.72 bits per heavy atom. The van der Waals surface area contributed by atoms with Gasteiger partial charge in [-0.3, -0.25) is 14.8 Å². The lowest BCUT2D eigenvalue weighted by molar-refractivity contribution is -0.133. The number of hydrogen-bond donors (Lipinski definition) is 5. The van der Waals surface area contributed by atoms with Gasteiger partial charge in [-0.15, -0.1) is 0 Å². The van der Waals surface area contributed by atoms with Gasteiger partial charge < -0.3 is 20.6 Å². The molecule has 0 aliphatic rings. The van der Waals surface area contributed by atoms with Gasteiger partial charge in [0, 0.05) is 36.0 Å². The summed E-state index contributed by atoms with van der Waals surface area (Å²) in [4.78, 5) is 30.2. The zero-order chi connectivity index (χ0) is 22.8. The van der Waals surface area contributed by atoms with Crippen LogP contribution >= 0.6 is 0 Å². The summed E-state index contributed by atoms with van der Waals surface area (Å²) in [5.74, 6) is 5.34. The molecule has 0 aliphatic heterocycles. The van der Waals surface area contributed by atoms with E-state index in [-0.39, 0.29) is 13.0 Å². The van der Waals surface area contributed by atoms with Gasteiger partial charge in [-0.05, 0) is 57.4 Å². The van der Waals surface area contributed by atoms with Crippen LogP contribution < -0.4 is 16.1 Å². The lowest BCUT2D eigenvalue weighted by Gasteiger charge is -2.19. The van der Waals surface area contributed by atoms with Crippen LogP contribution in [0.4, 0.5) is 5.82 Å². The number of likely N-dealkylation sites (N-methyl/N-ethyl adjacent to an activating group) is 1. The van der Waals surface area contributed by atoms with Crippen LogP contribution in [0.2, 0.25) is 0 Å². The molecule has 0 aliphatic carbocycles. The number of nitrogens with zero attached hydrogens (tertiary/aromatic N) is 2. The van der Waals surface area contributed by atoms with Crippen LogP contribution in [-0.2, 0) is 4.79 Å². The van der Waals surface area contributed by atoms with Gasteiger partial charge in [0.1, 0.15) is 11.9 Å². The van der Waals surface area contributed by atoms with E-state index >= 15 is 0 Å². The van der Waals surface area contributed by atoms with Crippen molar-refractivity contribution in [2.24, 2.45) is 0 Å². The number of nitrogens with one attached hydrogen (secondary N) is 3. The monoisotopic (exact) mass is 441 g/mol. The minimum Gasteiger partial charge on any atom is -0.391 e. The van der Waals surface area contributed by atoms with Crippen molar-refractivity contribution in [1.29, 1.82) is 0 Å². The molecule has 2 amide bonds. The number of amides is 2. The first-order valence-electron chi connectivity index (χ1n) is 9.69. The number of hydroxylamine groups is 1. The quantitative estimate of drug-likeness (QED) is 0.236. The Kier molecular flexibility index (Phi) is 10.9. The summed E-state index contributed by atoms with van der Waals surface area (Å²) in [6.45, 7) is 3.04. The maximum atomic E-state index is 12.3. The molecule has 5 N–H and O–H groups in total. The summed E-state index contributed by atoms with van der Waals surface area (Å²) in [7, 11) is 4.02. The number of pyridine rings is 1. The first-order chi connectivity index (χ1) is 14.8. The molecule has 1 aromatic heterocycles. The van der Waals surface area contributed by atoms with Gasteiger partial charge in [0.05, 0.1) is 6.10 Å². The predicted molar refractivity (Wildman–Crippen MR) is 123 cm³/mol. The number of carbonyl (C=O) groups excluding carboxylic acids is 2. The summed E-state index contributed by atoms with van der Waals surface area (Å²) < 4.78 is 0. The lowest BCUT2D eigenvalue weighted by atomic mass is 10.1. The van der Waals surface area contributed by atoms with E-state index in [1.807, 2.05) is 26.2 Å². The molecule has 32 heavy (non-hydrogen) atoms. The van der Waals surface area contributed by atoms with Crippen molar-refractivity contribution in [3.8, 4) is 11.8 Å².